The topological polar surface area (TPSA) is 164 Å². The van der Waals surface area contributed by atoms with Crippen LogP contribution in [0, 0.1) is 0 Å². The molecule has 5 atom stereocenters. The lowest BCUT2D eigenvalue weighted by atomic mass is 9.98. The van der Waals surface area contributed by atoms with Crippen LogP contribution >= 0.6 is 0 Å². The molecule has 0 spiro atoms. The Morgan fingerprint density at radius 3 is 1.87 bits per heavy atom. The minimum Gasteiger partial charge on any atom is -0.480 e. The first-order valence-corrected chi connectivity index (χ1v) is 4.14. The van der Waals surface area contributed by atoms with Crippen molar-refractivity contribution in [1.82, 2.24) is 0 Å². The molecule has 8 heteroatoms. The summed E-state index contributed by atoms with van der Waals surface area (Å²) in [5, 5.41) is 53.2. The van der Waals surface area contributed by atoms with Gasteiger partial charge in [-0.2, -0.15) is 0 Å². The van der Waals surface area contributed by atoms with E-state index in [1.165, 1.54) is 0 Å². The fraction of sp³-hybridized carbons (Fsp3) is 0.857. The van der Waals surface area contributed by atoms with Gasteiger partial charge in [0.15, 0.2) is 0 Å². The molecule has 0 unspecified atom stereocenters. The van der Waals surface area contributed by atoms with Gasteiger partial charge in [0.2, 0.25) is 0 Å². The summed E-state index contributed by atoms with van der Waals surface area (Å²) in [7, 11) is 0. The molecule has 15 heavy (non-hydrogen) atoms. The number of carboxylic acids is 1. The second-order valence-corrected chi connectivity index (χ2v) is 3.09. The summed E-state index contributed by atoms with van der Waals surface area (Å²) in [5.41, 5.74) is 4.98. The normalized spacial score (nSPS) is 21.5. The van der Waals surface area contributed by atoms with E-state index in [0.717, 1.165) is 0 Å². The van der Waals surface area contributed by atoms with Crippen LogP contribution in [0.25, 0.3) is 0 Å². The minimum atomic E-state index is -1.96. The fourth-order valence-electron chi connectivity index (χ4n) is 0.896. The molecule has 8 N–H and O–H groups in total. The molecule has 0 fully saturated rings. The van der Waals surface area contributed by atoms with E-state index in [2.05, 4.69) is 0 Å². The lowest BCUT2D eigenvalue weighted by Gasteiger charge is -2.27. The summed E-state index contributed by atoms with van der Waals surface area (Å²) >= 11 is 0. The summed E-state index contributed by atoms with van der Waals surface area (Å²) in [4.78, 5) is 10.3. The van der Waals surface area contributed by atoms with Crippen LogP contribution in [-0.2, 0) is 4.79 Å². The Kier molecular flexibility index (Phi) is 5.65. The van der Waals surface area contributed by atoms with Crippen molar-refractivity contribution in [2.75, 3.05) is 6.61 Å². The summed E-state index contributed by atoms with van der Waals surface area (Å²) in [6.07, 6.45) is -7.47. The van der Waals surface area contributed by atoms with E-state index in [-0.39, 0.29) is 0 Å². The molecule has 0 aromatic rings. The van der Waals surface area contributed by atoms with Gasteiger partial charge in [-0.3, -0.25) is 4.79 Å². The molecule has 0 aliphatic rings. The van der Waals surface area contributed by atoms with Crippen molar-refractivity contribution in [3.05, 3.63) is 0 Å². The molecule has 8 nitrogen and oxygen atoms in total. The van der Waals surface area contributed by atoms with E-state index < -0.39 is 43.0 Å². The van der Waals surface area contributed by atoms with Gasteiger partial charge in [0.25, 0.3) is 0 Å². The van der Waals surface area contributed by atoms with Gasteiger partial charge in [0.1, 0.15) is 30.5 Å². The van der Waals surface area contributed by atoms with Gasteiger partial charge < -0.3 is 36.4 Å². The smallest absolute Gasteiger partial charge is 0.323 e. The maximum absolute atomic E-state index is 10.3. The average Bonchev–Trinajstić information content (AvgIpc) is 2.23. The van der Waals surface area contributed by atoms with Crippen molar-refractivity contribution < 1.29 is 35.4 Å². The molecule has 0 saturated carbocycles. The standard InChI is InChI=1S/C7H15NO7/c8-3(7(14)15)5(12)6(13)4(11)2(10)1-9/h2-6,9-13H,1,8H2,(H,14,15)/t2-,3-,4-,5-,6+/m1/s1. The third kappa shape index (κ3) is 3.70. The highest BCUT2D eigenvalue weighted by Gasteiger charge is 2.35. The van der Waals surface area contributed by atoms with Gasteiger partial charge in [-0.1, -0.05) is 0 Å². The number of carboxylic acid groups (broad SMARTS) is 1. The third-order valence-electron chi connectivity index (χ3n) is 1.93. The number of aliphatic hydroxyl groups is 5. The van der Waals surface area contributed by atoms with Crippen LogP contribution in [0.4, 0.5) is 0 Å². The summed E-state index contributed by atoms with van der Waals surface area (Å²) in [6.45, 7) is -0.840. The molecule has 0 aliphatic carbocycles. The maximum atomic E-state index is 10.3. The van der Waals surface area contributed by atoms with E-state index in [1.54, 1.807) is 0 Å². The largest absolute Gasteiger partial charge is 0.480 e. The SMILES string of the molecule is N[C@@H](C(=O)O)[C@@H](O)[C@@H](O)[C@H](O)[C@H](O)CO. The van der Waals surface area contributed by atoms with Gasteiger partial charge in [-0.25, -0.2) is 0 Å². The number of hydrogen-bond donors (Lipinski definition) is 7. The van der Waals surface area contributed by atoms with Crippen LogP contribution in [0.5, 0.6) is 0 Å². The molecule has 0 bridgehead atoms. The second kappa shape index (κ2) is 5.95. The van der Waals surface area contributed by atoms with Crippen molar-refractivity contribution >= 4 is 5.97 Å². The van der Waals surface area contributed by atoms with Crippen LogP contribution < -0.4 is 5.73 Å². The van der Waals surface area contributed by atoms with Gasteiger partial charge in [-0.05, 0) is 0 Å². The third-order valence-corrected chi connectivity index (χ3v) is 1.93. The minimum absolute atomic E-state index is 0.840. The lowest BCUT2D eigenvalue weighted by Crippen LogP contribution is -2.54. The summed E-state index contributed by atoms with van der Waals surface area (Å²) in [6, 6.07) is -1.79. The molecule has 0 aromatic heterocycles. The highest BCUT2D eigenvalue weighted by atomic mass is 16.4. The van der Waals surface area contributed by atoms with Gasteiger partial charge in [0.05, 0.1) is 6.61 Å². The van der Waals surface area contributed by atoms with Crippen molar-refractivity contribution in [3.8, 4) is 0 Å². The predicted octanol–water partition coefficient (Wildman–Crippen LogP) is -4.17. The second-order valence-electron chi connectivity index (χ2n) is 3.09. The monoisotopic (exact) mass is 225 g/mol. The van der Waals surface area contributed by atoms with Crippen LogP contribution in [0.15, 0.2) is 0 Å². The number of carbonyl (C=O) groups is 1. The Labute approximate surface area is 85.2 Å². The van der Waals surface area contributed by atoms with Gasteiger partial charge in [0, 0.05) is 0 Å². The molecule has 0 aromatic carbocycles. The Hall–Kier alpha value is -0.770. The zero-order valence-electron chi connectivity index (χ0n) is 7.76. The quantitative estimate of drug-likeness (QED) is 0.239. The van der Waals surface area contributed by atoms with Gasteiger partial charge in [-0.15, -0.1) is 0 Å². The van der Waals surface area contributed by atoms with E-state index >= 15 is 0 Å². The van der Waals surface area contributed by atoms with Gasteiger partial charge >= 0.3 is 5.97 Å². The predicted molar refractivity (Wildman–Crippen MR) is 46.7 cm³/mol. The molecule has 0 amide bonds. The van der Waals surface area contributed by atoms with Crippen molar-refractivity contribution in [2.24, 2.45) is 5.73 Å². The Balaban J connectivity index is 4.42. The molecule has 0 aliphatic heterocycles. The zero-order chi connectivity index (χ0) is 12.2. The van der Waals surface area contributed by atoms with Crippen molar-refractivity contribution in [1.29, 1.82) is 0 Å². The first-order valence-electron chi connectivity index (χ1n) is 4.14. The van der Waals surface area contributed by atoms with E-state index in [1.807, 2.05) is 0 Å². The Morgan fingerprint density at radius 2 is 1.53 bits per heavy atom. The Bertz CT molecular complexity index is 212. The van der Waals surface area contributed by atoms with Crippen LogP contribution in [-0.4, -0.2) is 73.7 Å². The number of nitrogens with two attached hydrogens (primary N) is 1. The van der Waals surface area contributed by atoms with Crippen LogP contribution in [0.3, 0.4) is 0 Å². The lowest BCUT2D eigenvalue weighted by molar-refractivity contribution is -0.150. The van der Waals surface area contributed by atoms with Crippen LogP contribution in [0.1, 0.15) is 0 Å². The zero-order valence-corrected chi connectivity index (χ0v) is 7.76. The van der Waals surface area contributed by atoms with Crippen LogP contribution in [0.2, 0.25) is 0 Å². The highest BCUT2D eigenvalue weighted by molar-refractivity contribution is 5.74. The molecule has 0 radical (unpaired) electrons. The maximum Gasteiger partial charge on any atom is 0.323 e. The van der Waals surface area contributed by atoms with E-state index in [4.69, 9.17) is 31.3 Å². The average molecular weight is 225 g/mol. The number of aliphatic hydroxyl groups excluding tert-OH is 5. The van der Waals surface area contributed by atoms with Crippen molar-refractivity contribution in [2.45, 2.75) is 30.5 Å². The molecular weight excluding hydrogens is 210 g/mol. The van der Waals surface area contributed by atoms with E-state index in [0.29, 0.717) is 0 Å². The number of rotatable bonds is 6. The summed E-state index contributed by atoms with van der Waals surface area (Å²) in [5.74, 6) is -1.56. The highest BCUT2D eigenvalue weighted by Crippen LogP contribution is 2.07. The first kappa shape index (κ1) is 14.2. The summed E-state index contributed by atoms with van der Waals surface area (Å²) < 4.78 is 0. The molecule has 0 rings (SSSR count). The van der Waals surface area contributed by atoms with Crippen molar-refractivity contribution in [3.63, 3.8) is 0 Å². The number of hydrogen-bond acceptors (Lipinski definition) is 7. The molecule has 0 heterocycles. The Morgan fingerprint density at radius 1 is 1.07 bits per heavy atom. The molecule has 90 valence electrons. The van der Waals surface area contributed by atoms with E-state index in [9.17, 15) is 9.90 Å². The molecular formula is C7H15NO7. The number of aliphatic carboxylic acids is 1. The first-order chi connectivity index (χ1) is 6.82. The fourth-order valence-corrected chi connectivity index (χ4v) is 0.896. The molecule has 0 saturated heterocycles.